The maximum absolute atomic E-state index is 6.41. The molecule has 0 aliphatic heterocycles. The summed E-state index contributed by atoms with van der Waals surface area (Å²) >= 11 is 1.85. The van der Waals surface area contributed by atoms with Gasteiger partial charge < -0.3 is 4.42 Å². The molecule has 2 aromatic heterocycles. The first kappa shape index (κ1) is 22.0. The van der Waals surface area contributed by atoms with Crippen LogP contribution in [0.4, 0.5) is 0 Å². The first-order valence-electron chi connectivity index (χ1n) is 13.6. The van der Waals surface area contributed by atoms with Crippen molar-refractivity contribution in [3.05, 3.63) is 133 Å². The molecule has 0 bridgehead atoms. The number of rotatable bonds is 2. The zero-order chi connectivity index (χ0) is 26.2. The molecule has 186 valence electrons. The molecule has 40 heavy (non-hydrogen) atoms. The third-order valence-electron chi connectivity index (χ3n) is 8.28. The van der Waals surface area contributed by atoms with Gasteiger partial charge in [0.25, 0.3) is 0 Å². The third kappa shape index (κ3) is 3.03. The van der Waals surface area contributed by atoms with E-state index in [0.717, 1.165) is 11.2 Å². The predicted molar refractivity (Wildman–Crippen MR) is 172 cm³/mol. The second-order valence-electron chi connectivity index (χ2n) is 10.4. The van der Waals surface area contributed by atoms with E-state index >= 15 is 0 Å². The molecule has 0 aliphatic rings. The van der Waals surface area contributed by atoms with Gasteiger partial charge >= 0.3 is 0 Å². The van der Waals surface area contributed by atoms with Crippen LogP contribution in [0.1, 0.15) is 0 Å². The van der Waals surface area contributed by atoms with Crippen LogP contribution in [0, 0.1) is 0 Å². The van der Waals surface area contributed by atoms with Gasteiger partial charge in [-0.1, -0.05) is 109 Å². The van der Waals surface area contributed by atoms with Crippen molar-refractivity contribution in [3.63, 3.8) is 0 Å². The van der Waals surface area contributed by atoms with E-state index in [1.807, 2.05) is 17.4 Å². The lowest BCUT2D eigenvalue weighted by atomic mass is 9.86. The van der Waals surface area contributed by atoms with Crippen LogP contribution >= 0.6 is 11.3 Å². The highest BCUT2D eigenvalue weighted by Gasteiger charge is 2.20. The Kier molecular flexibility index (Phi) is 4.55. The van der Waals surface area contributed by atoms with Crippen molar-refractivity contribution in [2.24, 2.45) is 0 Å². The lowest BCUT2D eigenvalue weighted by Gasteiger charge is -2.18. The monoisotopic (exact) mass is 526 g/mol. The van der Waals surface area contributed by atoms with Crippen molar-refractivity contribution < 1.29 is 4.42 Å². The molecule has 0 N–H and O–H groups in total. The molecule has 7 aromatic carbocycles. The fourth-order valence-electron chi connectivity index (χ4n) is 6.55. The van der Waals surface area contributed by atoms with Crippen molar-refractivity contribution in [2.75, 3.05) is 0 Å². The van der Waals surface area contributed by atoms with Gasteiger partial charge in [-0.05, 0) is 67.7 Å². The van der Waals surface area contributed by atoms with Crippen LogP contribution in [-0.4, -0.2) is 0 Å². The summed E-state index contributed by atoms with van der Waals surface area (Å²) in [5.41, 5.74) is 5.78. The minimum absolute atomic E-state index is 0.938. The van der Waals surface area contributed by atoms with Gasteiger partial charge in [0.1, 0.15) is 11.2 Å². The lowest BCUT2D eigenvalue weighted by Crippen LogP contribution is -1.90. The molecule has 0 saturated heterocycles. The van der Waals surface area contributed by atoms with Crippen molar-refractivity contribution in [1.82, 2.24) is 0 Å². The summed E-state index contributed by atoms with van der Waals surface area (Å²) in [6.45, 7) is 0. The van der Waals surface area contributed by atoms with Crippen molar-refractivity contribution in [1.29, 1.82) is 0 Å². The number of benzene rings is 7. The van der Waals surface area contributed by atoms with E-state index in [2.05, 4.69) is 127 Å². The summed E-state index contributed by atoms with van der Waals surface area (Å²) in [5, 5.41) is 11.2. The number of fused-ring (bicyclic) bond motifs is 8. The molecule has 9 aromatic rings. The summed E-state index contributed by atoms with van der Waals surface area (Å²) in [5.74, 6) is 0. The SMILES string of the molecule is c1ccc2c(-c3c4ccccc4c(-c4cc5c(ccc6c7ccccc7oc56)s4)c4ccccc34)cccc2c1. The third-order valence-corrected chi connectivity index (χ3v) is 9.40. The van der Waals surface area contributed by atoms with Crippen LogP contribution in [0.25, 0.3) is 85.9 Å². The topological polar surface area (TPSA) is 13.1 Å². The molecule has 1 nitrogen and oxygen atoms in total. The average molecular weight is 527 g/mol. The molecule has 0 atom stereocenters. The van der Waals surface area contributed by atoms with Gasteiger partial charge in [-0.15, -0.1) is 11.3 Å². The van der Waals surface area contributed by atoms with Gasteiger partial charge in [0.05, 0.1) is 0 Å². The summed E-state index contributed by atoms with van der Waals surface area (Å²) in [4.78, 5) is 1.26. The summed E-state index contributed by atoms with van der Waals surface area (Å²) in [6, 6.07) is 48.3. The Bertz CT molecular complexity index is 2380. The molecule has 9 rings (SSSR count). The fraction of sp³-hybridized carbons (Fsp3) is 0. The van der Waals surface area contributed by atoms with Gasteiger partial charge in [0.15, 0.2) is 0 Å². The average Bonchev–Trinajstić information content (AvgIpc) is 3.61. The maximum atomic E-state index is 6.41. The van der Waals surface area contributed by atoms with Gasteiger partial charge in [0.2, 0.25) is 0 Å². The largest absolute Gasteiger partial charge is 0.455 e. The van der Waals surface area contributed by atoms with E-state index in [1.165, 1.54) is 74.7 Å². The number of hydrogen-bond donors (Lipinski definition) is 0. The van der Waals surface area contributed by atoms with E-state index in [0.29, 0.717) is 0 Å². The highest BCUT2D eigenvalue weighted by atomic mass is 32.1. The standard InChI is InChI=1S/C38H22OS/c1-2-12-24-23(10-1)11-9-18-26(24)36-27-14-3-5-16-29(27)37(30-17-6-4-15-28(30)36)35-22-32-34(40-35)21-20-31-25-13-7-8-19-33(25)39-38(31)32/h1-22H. The number of furan rings is 1. The number of hydrogen-bond acceptors (Lipinski definition) is 2. The Balaban J connectivity index is 1.40. The van der Waals surface area contributed by atoms with Gasteiger partial charge in [0, 0.05) is 31.3 Å². The molecule has 0 saturated carbocycles. The Morgan fingerprint density at radius 3 is 1.77 bits per heavy atom. The van der Waals surface area contributed by atoms with Crippen LogP contribution in [0.3, 0.4) is 0 Å². The van der Waals surface area contributed by atoms with E-state index in [-0.39, 0.29) is 0 Å². The van der Waals surface area contributed by atoms with Crippen molar-refractivity contribution >= 4 is 75.7 Å². The molecule has 0 radical (unpaired) electrons. The molecule has 0 amide bonds. The van der Waals surface area contributed by atoms with Crippen molar-refractivity contribution in [2.45, 2.75) is 0 Å². The normalized spacial score (nSPS) is 12.0. The molecule has 0 fully saturated rings. The minimum atomic E-state index is 0.938. The van der Waals surface area contributed by atoms with Crippen molar-refractivity contribution in [3.8, 4) is 21.6 Å². The zero-order valence-electron chi connectivity index (χ0n) is 21.5. The summed E-state index contributed by atoms with van der Waals surface area (Å²) in [6.07, 6.45) is 0. The second-order valence-corrected chi connectivity index (χ2v) is 11.5. The fourth-order valence-corrected chi connectivity index (χ4v) is 7.68. The molecule has 2 heteroatoms. The minimum Gasteiger partial charge on any atom is -0.455 e. The van der Waals surface area contributed by atoms with Gasteiger partial charge in [-0.3, -0.25) is 0 Å². The molecular formula is C38H22OS. The van der Waals surface area contributed by atoms with Gasteiger partial charge in [-0.25, -0.2) is 0 Å². The van der Waals surface area contributed by atoms with Crippen LogP contribution in [0.15, 0.2) is 138 Å². The smallest absolute Gasteiger partial charge is 0.144 e. The van der Waals surface area contributed by atoms with Crippen LogP contribution in [-0.2, 0) is 0 Å². The van der Waals surface area contributed by atoms with E-state index in [9.17, 15) is 0 Å². The van der Waals surface area contributed by atoms with Crippen LogP contribution in [0.5, 0.6) is 0 Å². The summed E-state index contributed by atoms with van der Waals surface area (Å²) in [7, 11) is 0. The highest BCUT2D eigenvalue weighted by molar-refractivity contribution is 7.22. The van der Waals surface area contributed by atoms with Crippen LogP contribution < -0.4 is 0 Å². The number of para-hydroxylation sites is 1. The number of thiophene rings is 1. The van der Waals surface area contributed by atoms with Crippen LogP contribution in [0.2, 0.25) is 0 Å². The maximum Gasteiger partial charge on any atom is 0.144 e. The molecule has 2 heterocycles. The quantitative estimate of drug-likeness (QED) is 0.204. The Labute approximate surface area is 234 Å². The first-order valence-corrected chi connectivity index (χ1v) is 14.4. The van der Waals surface area contributed by atoms with E-state index in [4.69, 9.17) is 4.42 Å². The lowest BCUT2D eigenvalue weighted by molar-refractivity contribution is 0.673. The first-order chi connectivity index (χ1) is 19.8. The Morgan fingerprint density at radius 1 is 0.425 bits per heavy atom. The van der Waals surface area contributed by atoms with E-state index < -0.39 is 0 Å². The highest BCUT2D eigenvalue weighted by Crippen LogP contribution is 2.48. The molecule has 0 unspecified atom stereocenters. The molecule has 0 spiro atoms. The zero-order valence-corrected chi connectivity index (χ0v) is 22.3. The Hall–Kier alpha value is -4.92. The molecular weight excluding hydrogens is 504 g/mol. The molecule has 0 aliphatic carbocycles. The predicted octanol–water partition coefficient (Wildman–Crippen LogP) is 11.6. The Morgan fingerprint density at radius 2 is 1.02 bits per heavy atom. The summed E-state index contributed by atoms with van der Waals surface area (Å²) < 4.78 is 7.66. The van der Waals surface area contributed by atoms with E-state index in [1.54, 1.807) is 0 Å². The van der Waals surface area contributed by atoms with Gasteiger partial charge in [-0.2, -0.15) is 0 Å². The second kappa shape index (κ2) is 8.29.